The van der Waals surface area contributed by atoms with Gasteiger partial charge in [-0.1, -0.05) is 0 Å². The van der Waals surface area contributed by atoms with Crippen molar-refractivity contribution in [3.63, 3.8) is 0 Å². The first kappa shape index (κ1) is 8.88. The highest BCUT2D eigenvalue weighted by molar-refractivity contribution is 4.82. The Kier molecular flexibility index (Phi) is 2.61. The van der Waals surface area contributed by atoms with Crippen LogP contribution in [-0.2, 0) is 0 Å². The summed E-state index contributed by atoms with van der Waals surface area (Å²) in [6.45, 7) is 3.83. The first-order valence-electron chi connectivity index (χ1n) is 3.06. The van der Waals surface area contributed by atoms with Gasteiger partial charge in [0.25, 0.3) is 0 Å². The summed E-state index contributed by atoms with van der Waals surface area (Å²) in [7, 11) is 3.83. The van der Waals surface area contributed by atoms with Crippen LogP contribution in [0.4, 0.5) is 0 Å². The Morgan fingerprint density at radius 3 is 1.67 bits per heavy atom. The van der Waals surface area contributed by atoms with E-state index in [-0.39, 0.29) is 11.7 Å². The van der Waals surface area contributed by atoms with Crippen molar-refractivity contribution in [2.45, 2.75) is 25.6 Å². The van der Waals surface area contributed by atoms with Crippen LogP contribution in [0.5, 0.6) is 0 Å². The van der Waals surface area contributed by atoms with Gasteiger partial charge in [0.05, 0.1) is 6.17 Å². The number of nitrogens with two attached hydrogens (primary N) is 2. The predicted molar refractivity (Wildman–Crippen MR) is 39.9 cm³/mol. The van der Waals surface area contributed by atoms with Gasteiger partial charge in [0.15, 0.2) is 0 Å². The van der Waals surface area contributed by atoms with Crippen LogP contribution in [0.1, 0.15) is 13.8 Å². The third-order valence-corrected chi connectivity index (χ3v) is 1.32. The van der Waals surface area contributed by atoms with Crippen molar-refractivity contribution >= 4 is 0 Å². The number of hydrogen-bond donors (Lipinski definition) is 2. The van der Waals surface area contributed by atoms with Gasteiger partial charge in [-0.15, -0.1) is 0 Å². The van der Waals surface area contributed by atoms with Crippen LogP contribution in [0, 0.1) is 0 Å². The van der Waals surface area contributed by atoms with Gasteiger partial charge >= 0.3 is 0 Å². The monoisotopic (exact) mass is 131 g/mol. The molecule has 0 amide bonds. The lowest BCUT2D eigenvalue weighted by Crippen LogP contribution is -2.57. The summed E-state index contributed by atoms with van der Waals surface area (Å²) in [5, 5.41) is 0. The van der Waals surface area contributed by atoms with Gasteiger partial charge < -0.3 is 11.5 Å². The van der Waals surface area contributed by atoms with E-state index in [0.717, 1.165) is 0 Å². The topological polar surface area (TPSA) is 55.3 Å². The standard InChI is InChI=1S/C6H17N3/c1-6(2,8)5(7)9(3)4/h5H,7-8H2,1-4H3. The molecule has 0 fully saturated rings. The van der Waals surface area contributed by atoms with Gasteiger partial charge in [-0.3, -0.25) is 4.90 Å². The maximum absolute atomic E-state index is 5.71. The summed E-state index contributed by atoms with van der Waals surface area (Å²) in [6, 6.07) is 0. The lowest BCUT2D eigenvalue weighted by atomic mass is 10.0. The van der Waals surface area contributed by atoms with Crippen LogP contribution in [-0.4, -0.2) is 30.7 Å². The second-order valence-electron chi connectivity index (χ2n) is 3.23. The molecule has 0 aliphatic heterocycles. The first-order chi connectivity index (χ1) is 3.85. The third-order valence-electron chi connectivity index (χ3n) is 1.32. The van der Waals surface area contributed by atoms with Crippen LogP contribution >= 0.6 is 0 Å². The molecular weight excluding hydrogens is 114 g/mol. The summed E-state index contributed by atoms with van der Waals surface area (Å²) in [6.07, 6.45) is -0.0718. The Morgan fingerprint density at radius 2 is 1.67 bits per heavy atom. The molecule has 0 spiro atoms. The average Bonchev–Trinajstić information content (AvgIpc) is 1.62. The van der Waals surface area contributed by atoms with E-state index in [1.807, 2.05) is 32.8 Å². The molecule has 3 nitrogen and oxygen atoms in total. The predicted octanol–water partition coefficient (Wildman–Crippen LogP) is -0.430. The maximum Gasteiger partial charge on any atom is 0.0746 e. The highest BCUT2D eigenvalue weighted by atomic mass is 15.2. The Balaban J connectivity index is 3.88. The maximum atomic E-state index is 5.71. The zero-order valence-electron chi connectivity index (χ0n) is 6.68. The molecule has 1 unspecified atom stereocenters. The molecular formula is C6H17N3. The highest BCUT2D eigenvalue weighted by Gasteiger charge is 2.22. The van der Waals surface area contributed by atoms with E-state index in [4.69, 9.17) is 11.5 Å². The van der Waals surface area contributed by atoms with Gasteiger partial charge in [0, 0.05) is 5.54 Å². The number of nitrogens with zero attached hydrogens (tertiary/aromatic N) is 1. The highest BCUT2D eigenvalue weighted by Crippen LogP contribution is 2.02. The molecule has 3 heteroatoms. The third kappa shape index (κ3) is 2.79. The summed E-state index contributed by atoms with van der Waals surface area (Å²) < 4.78 is 0. The summed E-state index contributed by atoms with van der Waals surface area (Å²) in [5.74, 6) is 0. The number of hydrogen-bond acceptors (Lipinski definition) is 3. The molecule has 4 N–H and O–H groups in total. The molecule has 0 saturated heterocycles. The molecule has 0 radical (unpaired) electrons. The molecule has 9 heavy (non-hydrogen) atoms. The largest absolute Gasteiger partial charge is 0.323 e. The Hall–Kier alpha value is -0.120. The first-order valence-corrected chi connectivity index (χ1v) is 3.06. The molecule has 56 valence electrons. The van der Waals surface area contributed by atoms with Gasteiger partial charge in [0.1, 0.15) is 0 Å². The van der Waals surface area contributed by atoms with Crippen molar-refractivity contribution < 1.29 is 0 Å². The molecule has 0 rings (SSSR count). The molecule has 0 aromatic rings. The smallest absolute Gasteiger partial charge is 0.0746 e. The molecule has 0 bridgehead atoms. The van der Waals surface area contributed by atoms with Gasteiger partial charge in [-0.05, 0) is 27.9 Å². The van der Waals surface area contributed by atoms with E-state index in [0.29, 0.717) is 0 Å². The fraction of sp³-hybridized carbons (Fsp3) is 1.00. The van der Waals surface area contributed by atoms with E-state index < -0.39 is 0 Å². The van der Waals surface area contributed by atoms with Crippen LogP contribution in [0.15, 0.2) is 0 Å². The van der Waals surface area contributed by atoms with E-state index in [1.165, 1.54) is 0 Å². The van der Waals surface area contributed by atoms with Crippen molar-refractivity contribution in [1.82, 2.24) is 4.90 Å². The molecule has 1 atom stereocenters. The van der Waals surface area contributed by atoms with Crippen molar-refractivity contribution in [2.75, 3.05) is 14.1 Å². The van der Waals surface area contributed by atoms with Crippen molar-refractivity contribution in [3.8, 4) is 0 Å². The Morgan fingerprint density at radius 1 is 1.33 bits per heavy atom. The summed E-state index contributed by atoms with van der Waals surface area (Å²) in [4.78, 5) is 1.90. The lowest BCUT2D eigenvalue weighted by molar-refractivity contribution is 0.208. The minimum Gasteiger partial charge on any atom is -0.323 e. The minimum absolute atomic E-state index is 0.0718. The van der Waals surface area contributed by atoms with Gasteiger partial charge in [-0.2, -0.15) is 0 Å². The Bertz CT molecular complexity index is 82.8. The average molecular weight is 131 g/mol. The molecule has 0 aliphatic rings. The van der Waals surface area contributed by atoms with Gasteiger partial charge in [-0.25, -0.2) is 0 Å². The molecule has 0 saturated carbocycles. The van der Waals surface area contributed by atoms with E-state index in [2.05, 4.69) is 0 Å². The van der Waals surface area contributed by atoms with Crippen LogP contribution in [0.25, 0.3) is 0 Å². The second-order valence-corrected chi connectivity index (χ2v) is 3.23. The molecule has 0 aromatic heterocycles. The van der Waals surface area contributed by atoms with Crippen molar-refractivity contribution in [3.05, 3.63) is 0 Å². The second kappa shape index (κ2) is 2.64. The van der Waals surface area contributed by atoms with Crippen molar-refractivity contribution in [1.29, 1.82) is 0 Å². The zero-order chi connectivity index (χ0) is 7.65. The number of rotatable bonds is 2. The molecule has 0 aromatic carbocycles. The Labute approximate surface area is 57.0 Å². The normalized spacial score (nSPS) is 16.3. The van der Waals surface area contributed by atoms with E-state index in [9.17, 15) is 0 Å². The quantitative estimate of drug-likeness (QED) is 0.500. The fourth-order valence-corrected chi connectivity index (χ4v) is 0.665. The summed E-state index contributed by atoms with van der Waals surface area (Å²) in [5.41, 5.74) is 11.1. The SMILES string of the molecule is CN(C)C(N)C(C)(C)N. The molecule has 0 aliphatic carbocycles. The van der Waals surface area contributed by atoms with E-state index in [1.54, 1.807) is 0 Å². The van der Waals surface area contributed by atoms with Crippen LogP contribution in [0.2, 0.25) is 0 Å². The molecule has 0 heterocycles. The van der Waals surface area contributed by atoms with Crippen LogP contribution < -0.4 is 11.5 Å². The van der Waals surface area contributed by atoms with E-state index >= 15 is 0 Å². The minimum atomic E-state index is -0.316. The number of likely N-dealkylation sites (N-methyl/N-ethyl adjacent to an activating group) is 1. The summed E-state index contributed by atoms with van der Waals surface area (Å²) >= 11 is 0. The fourth-order valence-electron chi connectivity index (χ4n) is 0.665. The van der Waals surface area contributed by atoms with Gasteiger partial charge in [0.2, 0.25) is 0 Å². The lowest BCUT2D eigenvalue weighted by Gasteiger charge is -2.32. The van der Waals surface area contributed by atoms with Crippen molar-refractivity contribution in [2.24, 2.45) is 11.5 Å². The van der Waals surface area contributed by atoms with Crippen LogP contribution in [0.3, 0.4) is 0 Å². The zero-order valence-corrected chi connectivity index (χ0v) is 6.68.